The molecule has 2 rings (SSSR count). The lowest BCUT2D eigenvalue weighted by Crippen LogP contribution is -2.44. The molecule has 1 aliphatic heterocycles. The molecule has 0 spiro atoms. The van der Waals surface area contributed by atoms with Crippen molar-refractivity contribution in [3.63, 3.8) is 0 Å². The van der Waals surface area contributed by atoms with Gasteiger partial charge in [0.25, 0.3) is 0 Å². The highest BCUT2D eigenvalue weighted by molar-refractivity contribution is 5.07. The fraction of sp³-hybridized carbons (Fsp3) is 0.692. The maximum absolute atomic E-state index is 6.09. The topological polar surface area (TPSA) is 51.6 Å². The van der Waals surface area contributed by atoms with E-state index < -0.39 is 0 Å². The van der Waals surface area contributed by atoms with Crippen molar-refractivity contribution >= 4 is 0 Å². The number of hydrogen-bond acceptors (Lipinski definition) is 4. The van der Waals surface area contributed by atoms with E-state index in [9.17, 15) is 0 Å². The molecule has 96 valence electrons. The Bertz CT molecular complexity index is 316. The fourth-order valence-corrected chi connectivity index (χ4v) is 2.62. The predicted octanol–water partition coefficient (Wildman–Crippen LogP) is 1.78. The normalized spacial score (nSPS) is 22.5. The Kier molecular flexibility index (Phi) is 4.20. The van der Waals surface area contributed by atoms with Crippen LogP contribution in [0.2, 0.25) is 0 Å². The summed E-state index contributed by atoms with van der Waals surface area (Å²) in [5, 5.41) is 0. The summed E-state index contributed by atoms with van der Waals surface area (Å²) in [5.41, 5.74) is 6.09. The predicted molar refractivity (Wildman–Crippen MR) is 66.7 cm³/mol. The number of ether oxygens (including phenoxy) is 1. The Morgan fingerprint density at radius 3 is 2.65 bits per heavy atom. The van der Waals surface area contributed by atoms with Crippen LogP contribution in [0.3, 0.4) is 0 Å². The molecule has 17 heavy (non-hydrogen) atoms. The number of hydrogen-bond donors (Lipinski definition) is 1. The van der Waals surface area contributed by atoms with Crippen LogP contribution in [0.1, 0.15) is 31.6 Å². The minimum absolute atomic E-state index is 0.0697. The van der Waals surface area contributed by atoms with Gasteiger partial charge in [-0.25, -0.2) is 0 Å². The van der Waals surface area contributed by atoms with Crippen LogP contribution >= 0.6 is 0 Å². The average molecular weight is 238 g/mol. The van der Waals surface area contributed by atoms with Crippen molar-refractivity contribution in [2.75, 3.05) is 20.2 Å². The maximum Gasteiger partial charge on any atom is 0.122 e. The molecule has 2 atom stereocenters. The first kappa shape index (κ1) is 12.6. The zero-order valence-corrected chi connectivity index (χ0v) is 10.6. The van der Waals surface area contributed by atoms with E-state index in [1.807, 2.05) is 19.1 Å². The molecule has 1 saturated heterocycles. The van der Waals surface area contributed by atoms with E-state index in [1.165, 1.54) is 0 Å². The molecule has 2 unspecified atom stereocenters. The highest BCUT2D eigenvalue weighted by Gasteiger charge is 2.29. The zero-order valence-electron chi connectivity index (χ0n) is 10.6. The lowest BCUT2D eigenvalue weighted by atomic mass is 10.0. The first-order valence-corrected chi connectivity index (χ1v) is 6.28. The third-order valence-corrected chi connectivity index (χ3v) is 3.54. The molecule has 0 saturated carbocycles. The van der Waals surface area contributed by atoms with Crippen molar-refractivity contribution in [1.29, 1.82) is 0 Å². The number of furan rings is 1. The summed E-state index contributed by atoms with van der Waals surface area (Å²) in [4.78, 5) is 2.40. The Labute approximate surface area is 103 Å². The van der Waals surface area contributed by atoms with Gasteiger partial charge in [-0.1, -0.05) is 0 Å². The number of piperidine rings is 1. The first-order valence-electron chi connectivity index (χ1n) is 6.28. The van der Waals surface area contributed by atoms with Gasteiger partial charge in [-0.15, -0.1) is 0 Å². The minimum atomic E-state index is 0.0697. The largest absolute Gasteiger partial charge is 0.468 e. The summed E-state index contributed by atoms with van der Waals surface area (Å²) >= 11 is 0. The number of nitrogens with two attached hydrogens (primary N) is 1. The van der Waals surface area contributed by atoms with Gasteiger partial charge >= 0.3 is 0 Å². The van der Waals surface area contributed by atoms with Crippen LogP contribution in [0.25, 0.3) is 0 Å². The molecule has 0 bridgehead atoms. The second-order valence-electron chi connectivity index (χ2n) is 4.79. The van der Waals surface area contributed by atoms with E-state index in [0.717, 1.165) is 31.7 Å². The number of likely N-dealkylation sites (tertiary alicyclic amines) is 1. The van der Waals surface area contributed by atoms with Crippen molar-refractivity contribution in [3.8, 4) is 0 Å². The third-order valence-electron chi connectivity index (χ3n) is 3.54. The summed E-state index contributed by atoms with van der Waals surface area (Å²) in [6.45, 7) is 4.08. The van der Waals surface area contributed by atoms with Crippen molar-refractivity contribution in [1.82, 2.24) is 4.90 Å². The van der Waals surface area contributed by atoms with E-state index in [4.69, 9.17) is 14.9 Å². The molecule has 0 radical (unpaired) electrons. The van der Waals surface area contributed by atoms with Crippen LogP contribution in [0.4, 0.5) is 0 Å². The molecule has 0 amide bonds. The fourth-order valence-electron chi connectivity index (χ4n) is 2.62. The lowest BCUT2D eigenvalue weighted by molar-refractivity contribution is 0.0196. The molecule has 0 aromatic carbocycles. The van der Waals surface area contributed by atoms with Gasteiger partial charge in [0.2, 0.25) is 0 Å². The van der Waals surface area contributed by atoms with Gasteiger partial charge in [-0.2, -0.15) is 0 Å². The highest BCUT2D eigenvalue weighted by atomic mass is 16.5. The van der Waals surface area contributed by atoms with E-state index in [0.29, 0.717) is 6.10 Å². The van der Waals surface area contributed by atoms with Gasteiger partial charge in [0.05, 0.1) is 18.4 Å². The Morgan fingerprint density at radius 1 is 1.47 bits per heavy atom. The second kappa shape index (κ2) is 5.67. The van der Waals surface area contributed by atoms with Crippen molar-refractivity contribution in [2.24, 2.45) is 5.73 Å². The quantitative estimate of drug-likeness (QED) is 0.868. The smallest absolute Gasteiger partial charge is 0.122 e. The van der Waals surface area contributed by atoms with Gasteiger partial charge in [0, 0.05) is 26.2 Å². The van der Waals surface area contributed by atoms with Crippen LogP contribution in [0.15, 0.2) is 22.8 Å². The lowest BCUT2D eigenvalue weighted by Gasteiger charge is -2.37. The van der Waals surface area contributed by atoms with E-state index in [2.05, 4.69) is 4.90 Å². The van der Waals surface area contributed by atoms with Crippen molar-refractivity contribution in [2.45, 2.75) is 38.0 Å². The molecule has 0 aliphatic carbocycles. The van der Waals surface area contributed by atoms with E-state index >= 15 is 0 Å². The van der Waals surface area contributed by atoms with Gasteiger partial charge in [-0.05, 0) is 31.9 Å². The molecular weight excluding hydrogens is 216 g/mol. The number of methoxy groups -OCH3 is 1. The van der Waals surface area contributed by atoms with Crippen LogP contribution < -0.4 is 5.73 Å². The van der Waals surface area contributed by atoms with Crippen LogP contribution in [0.5, 0.6) is 0 Å². The third kappa shape index (κ3) is 2.89. The standard InChI is InChI=1S/C13H22N2O2/c1-10(14)13(12-4-3-9-17-12)15-7-5-11(16-2)6-8-15/h3-4,9-11,13H,5-8,14H2,1-2H3. The van der Waals surface area contributed by atoms with E-state index in [-0.39, 0.29) is 12.1 Å². The van der Waals surface area contributed by atoms with Crippen LogP contribution in [-0.2, 0) is 4.74 Å². The van der Waals surface area contributed by atoms with Crippen molar-refractivity contribution < 1.29 is 9.15 Å². The summed E-state index contributed by atoms with van der Waals surface area (Å²) in [7, 11) is 1.79. The number of nitrogens with zero attached hydrogens (tertiary/aromatic N) is 1. The molecule has 1 fully saturated rings. The molecule has 4 nitrogen and oxygen atoms in total. The molecule has 4 heteroatoms. The van der Waals surface area contributed by atoms with Gasteiger partial charge in [0.1, 0.15) is 5.76 Å². The van der Waals surface area contributed by atoms with E-state index in [1.54, 1.807) is 13.4 Å². The molecule has 1 aromatic heterocycles. The summed E-state index contributed by atoms with van der Waals surface area (Å²) in [6.07, 6.45) is 4.25. The molecule has 2 N–H and O–H groups in total. The summed E-state index contributed by atoms with van der Waals surface area (Å²) < 4.78 is 10.9. The number of rotatable bonds is 4. The Morgan fingerprint density at radius 2 is 2.18 bits per heavy atom. The Hall–Kier alpha value is -0.840. The molecule has 2 heterocycles. The highest BCUT2D eigenvalue weighted by Crippen LogP contribution is 2.27. The Balaban J connectivity index is 2.03. The van der Waals surface area contributed by atoms with Gasteiger partial charge < -0.3 is 14.9 Å². The minimum Gasteiger partial charge on any atom is -0.468 e. The van der Waals surface area contributed by atoms with Crippen LogP contribution in [0, 0.1) is 0 Å². The average Bonchev–Trinajstić information content (AvgIpc) is 2.83. The molecule has 1 aliphatic rings. The molecular formula is C13H22N2O2. The summed E-state index contributed by atoms with van der Waals surface area (Å²) in [6, 6.07) is 4.19. The van der Waals surface area contributed by atoms with Crippen LogP contribution in [-0.4, -0.2) is 37.2 Å². The monoisotopic (exact) mass is 238 g/mol. The maximum atomic E-state index is 6.09. The zero-order chi connectivity index (χ0) is 12.3. The van der Waals surface area contributed by atoms with Gasteiger partial charge in [-0.3, -0.25) is 4.90 Å². The summed E-state index contributed by atoms with van der Waals surface area (Å²) in [5.74, 6) is 0.968. The van der Waals surface area contributed by atoms with Crippen molar-refractivity contribution in [3.05, 3.63) is 24.2 Å². The second-order valence-corrected chi connectivity index (χ2v) is 4.79. The van der Waals surface area contributed by atoms with Gasteiger partial charge in [0.15, 0.2) is 0 Å². The first-order chi connectivity index (χ1) is 8.22. The SMILES string of the molecule is COC1CCN(C(c2ccco2)C(C)N)CC1. The molecule has 1 aromatic rings.